The van der Waals surface area contributed by atoms with Crippen LogP contribution < -0.4 is 0 Å². The Balaban J connectivity index is 1.99. The van der Waals surface area contributed by atoms with Crippen LogP contribution in [0, 0.1) is 0 Å². The van der Waals surface area contributed by atoms with E-state index in [4.69, 9.17) is 28.2 Å². The molecule has 5 heteroatoms. The average Bonchev–Trinajstić information content (AvgIpc) is 2.75. The molecule has 1 heterocycles. The van der Waals surface area contributed by atoms with Gasteiger partial charge in [-0.15, -0.1) is 0 Å². The van der Waals surface area contributed by atoms with Gasteiger partial charge < -0.3 is 9.80 Å². The molecule has 30 heavy (non-hydrogen) atoms. The molecule has 3 rings (SSSR count). The van der Waals surface area contributed by atoms with Crippen molar-refractivity contribution in [3.63, 3.8) is 0 Å². The lowest BCUT2D eigenvalue weighted by molar-refractivity contribution is 0.192. The highest BCUT2D eigenvalue weighted by Crippen LogP contribution is 2.29. The summed E-state index contributed by atoms with van der Waals surface area (Å²) in [5.41, 5.74) is 5.35. The number of benzene rings is 2. The second-order valence-electron chi connectivity index (χ2n) is 7.57. The summed E-state index contributed by atoms with van der Waals surface area (Å²) in [6.45, 7) is 8.44. The molecule has 0 amide bonds. The zero-order chi connectivity index (χ0) is 21.5. The predicted molar refractivity (Wildman–Crippen MR) is 131 cm³/mol. The number of piperazine rings is 1. The molecule has 1 fully saturated rings. The topological polar surface area (TPSA) is 18.8 Å². The van der Waals surface area contributed by atoms with Gasteiger partial charge >= 0.3 is 0 Å². The van der Waals surface area contributed by atoms with E-state index in [1.165, 1.54) is 5.70 Å². The molecule has 3 nitrogen and oxygen atoms in total. The molecule has 0 radical (unpaired) electrons. The Morgan fingerprint density at radius 2 is 1.43 bits per heavy atom. The first kappa shape index (κ1) is 22.6. The Labute approximate surface area is 190 Å². The third-order valence-electron chi connectivity index (χ3n) is 5.36. The van der Waals surface area contributed by atoms with E-state index in [0.717, 1.165) is 65.0 Å². The van der Waals surface area contributed by atoms with E-state index in [-0.39, 0.29) is 0 Å². The number of halogens is 2. The molecule has 2 aromatic rings. The maximum absolute atomic E-state index is 6.12. The minimum absolute atomic E-state index is 0.718. The van der Waals surface area contributed by atoms with Crippen molar-refractivity contribution in [1.82, 2.24) is 9.80 Å². The molecule has 0 bridgehead atoms. The summed E-state index contributed by atoms with van der Waals surface area (Å²) in [6.07, 6.45) is 5.24. The van der Waals surface area contributed by atoms with E-state index in [9.17, 15) is 0 Å². The molecule has 0 aliphatic carbocycles. The summed E-state index contributed by atoms with van der Waals surface area (Å²) in [5.74, 6) is 0. The van der Waals surface area contributed by atoms with Crippen molar-refractivity contribution >= 4 is 40.7 Å². The molecule has 2 aromatic carbocycles. The molecule has 1 saturated heterocycles. The Bertz CT molecular complexity index is 920. The number of rotatable bonds is 6. The minimum Gasteiger partial charge on any atom is -0.368 e. The van der Waals surface area contributed by atoms with Gasteiger partial charge in [0, 0.05) is 41.8 Å². The standard InChI is InChI=1S/C25H29Cl2N3/c1-4-5-24(30-16-14-29(3)15-17-30)18-28-25(21-8-12-23(27)13-9-21)19(2)20-6-10-22(26)11-7-20/h5-13,18H,4,14-17H2,1-3H3/b24-5-,25-19+,28-18+. The number of nitrogens with zero attached hydrogens (tertiary/aromatic N) is 3. The van der Waals surface area contributed by atoms with E-state index in [1.54, 1.807) is 0 Å². The molecule has 0 aromatic heterocycles. The summed E-state index contributed by atoms with van der Waals surface area (Å²) in [6, 6.07) is 15.8. The zero-order valence-electron chi connectivity index (χ0n) is 17.9. The fourth-order valence-corrected chi connectivity index (χ4v) is 3.75. The van der Waals surface area contributed by atoms with Gasteiger partial charge in [-0.05, 0) is 55.8 Å². The highest BCUT2D eigenvalue weighted by Gasteiger charge is 2.15. The van der Waals surface area contributed by atoms with Crippen LogP contribution in [0.5, 0.6) is 0 Å². The van der Waals surface area contributed by atoms with Crippen LogP contribution in [0.4, 0.5) is 0 Å². The van der Waals surface area contributed by atoms with Gasteiger partial charge in [0.05, 0.1) is 17.6 Å². The summed E-state index contributed by atoms with van der Waals surface area (Å²) >= 11 is 12.2. The van der Waals surface area contributed by atoms with Crippen LogP contribution in [0.15, 0.2) is 65.3 Å². The van der Waals surface area contributed by atoms with Gasteiger partial charge in [0.2, 0.25) is 0 Å². The minimum atomic E-state index is 0.718. The number of hydrogen-bond acceptors (Lipinski definition) is 3. The third-order valence-corrected chi connectivity index (χ3v) is 5.86. The van der Waals surface area contributed by atoms with E-state index in [2.05, 4.69) is 36.8 Å². The fourth-order valence-electron chi connectivity index (χ4n) is 3.50. The fraction of sp³-hybridized carbons (Fsp3) is 0.320. The van der Waals surface area contributed by atoms with E-state index in [0.29, 0.717) is 0 Å². The van der Waals surface area contributed by atoms with E-state index < -0.39 is 0 Å². The van der Waals surface area contributed by atoms with Crippen LogP contribution in [-0.2, 0) is 0 Å². The largest absolute Gasteiger partial charge is 0.368 e. The van der Waals surface area contributed by atoms with Crippen molar-refractivity contribution in [1.29, 1.82) is 0 Å². The first-order chi connectivity index (χ1) is 14.5. The van der Waals surface area contributed by atoms with Crippen molar-refractivity contribution in [3.05, 3.63) is 81.5 Å². The van der Waals surface area contributed by atoms with Gasteiger partial charge in [0.25, 0.3) is 0 Å². The summed E-state index contributed by atoms with van der Waals surface area (Å²) in [5, 5.41) is 1.45. The van der Waals surface area contributed by atoms with Gasteiger partial charge in [0.15, 0.2) is 0 Å². The lowest BCUT2D eigenvalue weighted by atomic mass is 10.0. The number of aliphatic imine (C=N–C) groups is 1. The molecule has 0 N–H and O–H groups in total. The van der Waals surface area contributed by atoms with Crippen molar-refractivity contribution in [2.24, 2.45) is 4.99 Å². The van der Waals surface area contributed by atoms with Crippen molar-refractivity contribution < 1.29 is 0 Å². The first-order valence-electron chi connectivity index (χ1n) is 10.4. The molecule has 0 spiro atoms. The Morgan fingerprint density at radius 3 is 1.97 bits per heavy atom. The molecule has 1 aliphatic heterocycles. The third kappa shape index (κ3) is 5.98. The number of likely N-dealkylation sites (N-methyl/N-ethyl adjacent to an activating group) is 1. The molecule has 0 atom stereocenters. The van der Waals surface area contributed by atoms with Gasteiger partial charge in [0.1, 0.15) is 0 Å². The molecular formula is C25H29Cl2N3. The van der Waals surface area contributed by atoms with Crippen molar-refractivity contribution in [3.8, 4) is 0 Å². The van der Waals surface area contributed by atoms with Crippen molar-refractivity contribution in [2.45, 2.75) is 20.3 Å². The highest BCUT2D eigenvalue weighted by atomic mass is 35.5. The molecule has 0 unspecified atom stereocenters. The Morgan fingerprint density at radius 1 is 0.900 bits per heavy atom. The van der Waals surface area contributed by atoms with Crippen LogP contribution in [0.2, 0.25) is 10.0 Å². The van der Waals surface area contributed by atoms with E-state index in [1.807, 2.05) is 54.7 Å². The van der Waals surface area contributed by atoms with Crippen LogP contribution >= 0.6 is 23.2 Å². The maximum atomic E-state index is 6.12. The van der Waals surface area contributed by atoms with Crippen LogP contribution in [0.3, 0.4) is 0 Å². The van der Waals surface area contributed by atoms with Gasteiger partial charge in [-0.1, -0.05) is 60.5 Å². The Hall–Kier alpha value is -2.07. The smallest absolute Gasteiger partial charge is 0.0737 e. The van der Waals surface area contributed by atoms with Crippen LogP contribution in [-0.4, -0.2) is 49.2 Å². The Kier molecular flexibility index (Phi) is 8.15. The molecule has 158 valence electrons. The number of hydrogen-bond donors (Lipinski definition) is 0. The quantitative estimate of drug-likeness (QED) is 0.376. The lowest BCUT2D eigenvalue weighted by Gasteiger charge is -2.34. The second kappa shape index (κ2) is 10.8. The zero-order valence-corrected chi connectivity index (χ0v) is 19.4. The molecule has 1 aliphatic rings. The second-order valence-corrected chi connectivity index (χ2v) is 8.45. The summed E-state index contributed by atoms with van der Waals surface area (Å²) < 4.78 is 0. The van der Waals surface area contributed by atoms with E-state index >= 15 is 0 Å². The molecular weight excluding hydrogens is 413 g/mol. The summed E-state index contributed by atoms with van der Waals surface area (Å²) in [4.78, 5) is 9.77. The SMILES string of the molecule is CC/C=C(/C=N/C(=C(\C)c1ccc(Cl)cc1)c1ccc(Cl)cc1)N1CCN(C)CC1. The lowest BCUT2D eigenvalue weighted by Crippen LogP contribution is -2.44. The predicted octanol–water partition coefficient (Wildman–Crippen LogP) is 6.49. The normalized spacial score (nSPS) is 16.8. The maximum Gasteiger partial charge on any atom is 0.0737 e. The van der Waals surface area contributed by atoms with Crippen LogP contribution in [0.25, 0.3) is 11.3 Å². The number of allylic oxidation sites excluding steroid dienone is 3. The monoisotopic (exact) mass is 441 g/mol. The van der Waals surface area contributed by atoms with Crippen LogP contribution in [0.1, 0.15) is 31.4 Å². The summed E-state index contributed by atoms with van der Waals surface area (Å²) in [7, 11) is 2.17. The van der Waals surface area contributed by atoms with Crippen molar-refractivity contribution in [2.75, 3.05) is 33.2 Å². The first-order valence-corrected chi connectivity index (χ1v) is 11.1. The average molecular weight is 442 g/mol. The molecule has 0 saturated carbocycles. The van der Waals surface area contributed by atoms with Gasteiger partial charge in [-0.2, -0.15) is 0 Å². The van der Waals surface area contributed by atoms with Gasteiger partial charge in [-0.3, -0.25) is 4.99 Å². The van der Waals surface area contributed by atoms with Gasteiger partial charge in [-0.25, -0.2) is 0 Å². The highest BCUT2D eigenvalue weighted by molar-refractivity contribution is 6.31.